The number of rotatable bonds is 5. The van der Waals surface area contributed by atoms with Crippen molar-refractivity contribution in [2.45, 2.75) is 45.6 Å². The minimum absolute atomic E-state index is 0.0457. The number of nitrogens with one attached hydrogen (secondary N) is 2. The number of thiophene rings is 1. The fraction of sp³-hybridized carbons (Fsp3) is 0.267. The van der Waals surface area contributed by atoms with Gasteiger partial charge in [0.1, 0.15) is 5.82 Å². The summed E-state index contributed by atoms with van der Waals surface area (Å²) in [4.78, 5) is 19.3. The fourth-order valence-electron chi connectivity index (χ4n) is 4.95. The van der Waals surface area contributed by atoms with Crippen LogP contribution in [0.5, 0.6) is 0 Å². The zero-order valence-electron chi connectivity index (χ0n) is 20.9. The highest BCUT2D eigenvalue weighted by Gasteiger charge is 2.30. The lowest BCUT2D eigenvalue weighted by molar-refractivity contribution is 0.102. The van der Waals surface area contributed by atoms with Crippen LogP contribution < -0.4 is 10.6 Å². The number of aryl methyl sites for hydroxylation is 1. The van der Waals surface area contributed by atoms with Crippen molar-refractivity contribution < 1.29 is 9.18 Å². The maximum absolute atomic E-state index is 13.6. The molecule has 0 saturated carbocycles. The number of amides is 1. The summed E-state index contributed by atoms with van der Waals surface area (Å²) in [7, 11) is 0. The number of fused-ring (bicyclic) bond motifs is 2. The Balaban J connectivity index is 1.44. The van der Waals surface area contributed by atoms with Crippen LogP contribution in [-0.2, 0) is 0 Å². The van der Waals surface area contributed by atoms with Gasteiger partial charge in [0.15, 0.2) is 0 Å². The summed E-state index contributed by atoms with van der Waals surface area (Å²) >= 11 is 7.54. The minimum atomic E-state index is -0.449. The van der Waals surface area contributed by atoms with Crippen molar-refractivity contribution in [2.24, 2.45) is 10.9 Å². The maximum Gasteiger partial charge on any atom is 0.258 e. The van der Waals surface area contributed by atoms with E-state index in [4.69, 9.17) is 11.6 Å². The second-order valence-corrected chi connectivity index (χ2v) is 10.6. The number of anilines is 2. The maximum atomic E-state index is 13.6. The van der Waals surface area contributed by atoms with E-state index < -0.39 is 5.82 Å². The molecular formula is C30H27ClFN3OS. The van der Waals surface area contributed by atoms with Crippen molar-refractivity contribution >= 4 is 58.2 Å². The first-order valence-corrected chi connectivity index (χ1v) is 13.6. The molecule has 0 fully saturated rings. The lowest BCUT2D eigenvalue weighted by Crippen LogP contribution is -2.19. The Morgan fingerprint density at radius 1 is 1.30 bits per heavy atom. The van der Waals surface area contributed by atoms with Crippen LogP contribution in [0.15, 0.2) is 46.8 Å². The van der Waals surface area contributed by atoms with Crippen LogP contribution in [-0.4, -0.2) is 12.1 Å². The van der Waals surface area contributed by atoms with E-state index in [1.54, 1.807) is 23.5 Å². The Morgan fingerprint density at radius 2 is 2.14 bits per heavy atom. The Kier molecular flexibility index (Phi) is 7.19. The first-order valence-electron chi connectivity index (χ1n) is 12.3. The molecule has 0 spiro atoms. The van der Waals surface area contributed by atoms with Crippen LogP contribution in [0.25, 0.3) is 6.08 Å². The molecule has 3 aromatic rings. The third kappa shape index (κ3) is 4.82. The lowest BCUT2D eigenvalue weighted by atomic mass is 9.87. The van der Waals surface area contributed by atoms with Crippen LogP contribution in [0.4, 0.5) is 21.5 Å². The normalized spacial score (nSPS) is 19.4. The zero-order chi connectivity index (χ0) is 26.1. The van der Waals surface area contributed by atoms with Crippen LogP contribution in [0.1, 0.15) is 70.6 Å². The number of benzene rings is 2. The SMILES string of the molecule is CC#CC1c2scc(C(=O)Nc3c(C)ccc4c3C=CCC4Nc3ccc(F)c(Cl)c3)c2N=CC1CC. The van der Waals surface area contributed by atoms with E-state index in [1.165, 1.54) is 6.07 Å². The van der Waals surface area contributed by atoms with E-state index >= 15 is 0 Å². The summed E-state index contributed by atoms with van der Waals surface area (Å²) in [6, 6.07) is 8.66. The molecule has 1 aromatic heterocycles. The Bertz CT molecular complexity index is 1500. The van der Waals surface area contributed by atoms with Crippen LogP contribution in [0, 0.1) is 30.5 Å². The van der Waals surface area contributed by atoms with Crippen molar-refractivity contribution in [3.05, 3.63) is 79.8 Å². The van der Waals surface area contributed by atoms with E-state index in [0.29, 0.717) is 5.56 Å². The van der Waals surface area contributed by atoms with Crippen LogP contribution in [0.3, 0.4) is 0 Å². The largest absolute Gasteiger partial charge is 0.378 e. The highest BCUT2D eigenvalue weighted by Crippen LogP contribution is 2.44. The standard InChI is InChI=1S/C30H27ClFN3OS/c1-4-7-20-18(5-2)15-33-28-23(16-37-29(20)28)30(36)35-27-17(3)10-12-21-22(27)8-6-9-26(21)34-19-11-13-25(32)24(31)14-19/h6,8,10-16,18,20,26,34H,5,9H2,1-3H3,(H,35,36). The number of hydrogen-bond acceptors (Lipinski definition) is 4. The topological polar surface area (TPSA) is 53.5 Å². The summed E-state index contributed by atoms with van der Waals surface area (Å²) in [5.74, 6) is 6.05. The van der Waals surface area contributed by atoms with Crippen molar-refractivity contribution in [3.8, 4) is 11.8 Å². The highest BCUT2D eigenvalue weighted by atomic mass is 35.5. The average molecular weight is 532 g/mol. The Labute approximate surface area is 225 Å². The molecule has 7 heteroatoms. The molecule has 37 heavy (non-hydrogen) atoms. The fourth-order valence-corrected chi connectivity index (χ4v) is 6.25. The summed E-state index contributed by atoms with van der Waals surface area (Å²) in [5, 5.41) is 8.59. The number of aliphatic imine (C=N–C) groups is 1. The van der Waals surface area contributed by atoms with Crippen molar-refractivity contribution in [3.63, 3.8) is 0 Å². The number of nitrogens with zero attached hydrogens (tertiary/aromatic N) is 1. The summed E-state index contributed by atoms with van der Waals surface area (Å²) in [6.45, 7) is 5.97. The van der Waals surface area contributed by atoms with Gasteiger partial charge in [-0.3, -0.25) is 9.79 Å². The smallest absolute Gasteiger partial charge is 0.258 e. The van der Waals surface area contributed by atoms with Gasteiger partial charge in [0.25, 0.3) is 5.91 Å². The molecule has 1 aliphatic heterocycles. The van der Waals surface area contributed by atoms with Crippen molar-refractivity contribution in [1.29, 1.82) is 0 Å². The molecule has 3 unspecified atom stereocenters. The summed E-state index contributed by atoms with van der Waals surface area (Å²) < 4.78 is 13.6. The van der Waals surface area contributed by atoms with E-state index in [0.717, 1.165) is 51.5 Å². The third-order valence-corrected chi connectivity index (χ3v) is 8.28. The predicted molar refractivity (Wildman–Crippen MR) is 153 cm³/mol. The lowest BCUT2D eigenvalue weighted by Gasteiger charge is -2.27. The van der Waals surface area contributed by atoms with E-state index in [1.807, 2.05) is 37.6 Å². The van der Waals surface area contributed by atoms with Gasteiger partial charge in [-0.1, -0.05) is 48.7 Å². The van der Waals surface area contributed by atoms with Gasteiger partial charge in [-0.25, -0.2) is 4.39 Å². The summed E-state index contributed by atoms with van der Waals surface area (Å²) in [5.41, 5.74) is 5.79. The monoisotopic (exact) mass is 531 g/mol. The first kappa shape index (κ1) is 25.3. The molecule has 0 radical (unpaired) electrons. The van der Waals surface area contributed by atoms with Gasteiger partial charge in [0, 0.05) is 33.6 Å². The molecule has 0 saturated heterocycles. The molecule has 1 amide bonds. The van der Waals surface area contributed by atoms with Crippen LogP contribution in [0.2, 0.25) is 5.02 Å². The quantitative estimate of drug-likeness (QED) is 0.324. The van der Waals surface area contributed by atoms with Gasteiger partial charge in [-0.05, 0) is 56.0 Å². The molecule has 5 rings (SSSR count). The van der Waals surface area contributed by atoms with E-state index in [2.05, 4.69) is 46.5 Å². The molecule has 2 N–H and O–H groups in total. The molecular weight excluding hydrogens is 505 g/mol. The zero-order valence-corrected chi connectivity index (χ0v) is 22.4. The molecule has 2 aromatic carbocycles. The molecule has 3 atom stereocenters. The van der Waals surface area contributed by atoms with Crippen molar-refractivity contribution in [1.82, 2.24) is 0 Å². The average Bonchev–Trinajstić information content (AvgIpc) is 3.33. The number of halogens is 2. The third-order valence-electron chi connectivity index (χ3n) is 6.93. The van der Waals surface area contributed by atoms with Gasteiger partial charge in [0.2, 0.25) is 0 Å². The molecule has 2 heterocycles. The van der Waals surface area contributed by atoms with E-state index in [-0.39, 0.29) is 28.8 Å². The Hall–Kier alpha value is -3.40. The van der Waals surface area contributed by atoms with Crippen molar-refractivity contribution in [2.75, 3.05) is 10.6 Å². The molecule has 2 aliphatic rings. The number of carbonyl (C=O) groups is 1. The molecule has 1 aliphatic carbocycles. The molecule has 188 valence electrons. The second kappa shape index (κ2) is 10.5. The highest BCUT2D eigenvalue weighted by molar-refractivity contribution is 7.11. The molecule has 0 bridgehead atoms. The van der Waals surface area contributed by atoms with Gasteiger partial charge < -0.3 is 10.6 Å². The number of carbonyl (C=O) groups excluding carboxylic acids is 1. The minimum Gasteiger partial charge on any atom is -0.378 e. The number of hydrogen-bond donors (Lipinski definition) is 2. The first-order chi connectivity index (χ1) is 17.9. The Morgan fingerprint density at radius 3 is 2.89 bits per heavy atom. The van der Waals surface area contributed by atoms with Gasteiger partial charge in [-0.15, -0.1) is 17.3 Å². The second-order valence-electron chi connectivity index (χ2n) is 9.26. The molecule has 4 nitrogen and oxygen atoms in total. The summed E-state index contributed by atoms with van der Waals surface area (Å²) in [6.07, 6.45) is 7.77. The van der Waals surface area contributed by atoms with Gasteiger partial charge >= 0.3 is 0 Å². The van der Waals surface area contributed by atoms with Gasteiger partial charge in [0.05, 0.1) is 33.9 Å². The van der Waals surface area contributed by atoms with Crippen LogP contribution >= 0.6 is 22.9 Å². The van der Waals surface area contributed by atoms with Gasteiger partial charge in [-0.2, -0.15) is 0 Å². The van der Waals surface area contributed by atoms with E-state index in [9.17, 15) is 9.18 Å². The predicted octanol–water partition coefficient (Wildman–Crippen LogP) is 8.52.